The summed E-state index contributed by atoms with van der Waals surface area (Å²) in [6.07, 6.45) is 1.44. The maximum absolute atomic E-state index is 13.8. The van der Waals surface area contributed by atoms with Crippen molar-refractivity contribution in [1.82, 2.24) is 4.90 Å². The first-order chi connectivity index (χ1) is 18.6. The van der Waals surface area contributed by atoms with Crippen LogP contribution in [0.2, 0.25) is 5.02 Å². The zero-order valence-electron chi connectivity index (χ0n) is 19.9. The Morgan fingerprint density at radius 1 is 1.10 bits per heavy atom. The van der Waals surface area contributed by atoms with Gasteiger partial charge in [0.15, 0.2) is 29.0 Å². The minimum absolute atomic E-state index is 0.0237. The number of ether oxygens (including phenoxy) is 2. The van der Waals surface area contributed by atoms with Crippen LogP contribution in [-0.2, 0) is 16.2 Å². The number of carbonyl (C=O) groups excluding carboxylic acids is 3. The minimum Gasteiger partial charge on any atom is -0.493 e. The molecule has 202 valence electrons. The van der Waals surface area contributed by atoms with Crippen molar-refractivity contribution in [3.8, 4) is 11.5 Å². The largest absolute Gasteiger partial charge is 0.493 e. The van der Waals surface area contributed by atoms with Crippen LogP contribution < -0.4 is 14.8 Å². The molecule has 0 atom stereocenters. The average Bonchev–Trinajstić information content (AvgIpc) is 3.16. The third-order valence-corrected chi connectivity index (χ3v) is 7.08. The predicted molar refractivity (Wildman–Crippen MR) is 144 cm³/mol. The summed E-state index contributed by atoms with van der Waals surface area (Å²) in [6.45, 7) is -0.522. The SMILES string of the molecule is COc1cc(/C=C2/SC(=O)N(CC(=O)Nc3ccc(F)c(F)c3F)C2=O)cc(Br)c1OCc1ccc(Cl)cc1. The number of imide groups is 1. The number of nitrogens with zero attached hydrogens (tertiary/aromatic N) is 1. The molecule has 3 aromatic rings. The van der Waals surface area contributed by atoms with E-state index >= 15 is 0 Å². The summed E-state index contributed by atoms with van der Waals surface area (Å²) in [7, 11) is 1.45. The highest BCUT2D eigenvalue weighted by molar-refractivity contribution is 9.10. The molecular weight excluding hydrogens is 625 g/mol. The molecule has 1 saturated heterocycles. The molecule has 0 saturated carbocycles. The van der Waals surface area contributed by atoms with Crippen LogP contribution in [0.15, 0.2) is 57.9 Å². The van der Waals surface area contributed by atoms with Crippen LogP contribution in [0.5, 0.6) is 11.5 Å². The summed E-state index contributed by atoms with van der Waals surface area (Å²) in [5, 5.41) is 1.89. The molecule has 0 aliphatic carbocycles. The highest BCUT2D eigenvalue weighted by atomic mass is 79.9. The van der Waals surface area contributed by atoms with Gasteiger partial charge in [-0.25, -0.2) is 13.2 Å². The first-order valence-corrected chi connectivity index (χ1v) is 13.0. The van der Waals surface area contributed by atoms with Gasteiger partial charge in [-0.1, -0.05) is 23.7 Å². The molecule has 1 aliphatic rings. The minimum atomic E-state index is -1.76. The Hall–Kier alpha value is -3.48. The van der Waals surface area contributed by atoms with E-state index in [-0.39, 0.29) is 11.5 Å². The van der Waals surface area contributed by atoms with E-state index < -0.39 is 46.7 Å². The highest BCUT2D eigenvalue weighted by Gasteiger charge is 2.36. The second-order valence-electron chi connectivity index (χ2n) is 7.99. The number of methoxy groups -OCH3 is 1. The maximum atomic E-state index is 13.8. The number of benzene rings is 3. The van der Waals surface area contributed by atoms with Crippen molar-refractivity contribution in [3.05, 3.63) is 91.5 Å². The van der Waals surface area contributed by atoms with Crippen LogP contribution in [0.3, 0.4) is 0 Å². The van der Waals surface area contributed by atoms with E-state index in [4.69, 9.17) is 21.1 Å². The van der Waals surface area contributed by atoms with E-state index in [9.17, 15) is 27.6 Å². The number of carbonyl (C=O) groups is 3. The van der Waals surface area contributed by atoms with Crippen LogP contribution in [0.4, 0.5) is 23.7 Å². The van der Waals surface area contributed by atoms with Crippen LogP contribution in [0.25, 0.3) is 6.08 Å². The lowest BCUT2D eigenvalue weighted by molar-refractivity contribution is -0.127. The van der Waals surface area contributed by atoms with Crippen LogP contribution in [-0.4, -0.2) is 35.6 Å². The van der Waals surface area contributed by atoms with Crippen molar-refractivity contribution in [2.75, 3.05) is 19.0 Å². The molecule has 1 heterocycles. The first-order valence-electron chi connectivity index (χ1n) is 11.0. The maximum Gasteiger partial charge on any atom is 0.294 e. The molecule has 0 bridgehead atoms. The Bertz CT molecular complexity index is 1500. The van der Waals surface area contributed by atoms with Crippen molar-refractivity contribution in [2.24, 2.45) is 0 Å². The molecule has 0 unspecified atom stereocenters. The molecule has 0 radical (unpaired) electrons. The smallest absolute Gasteiger partial charge is 0.294 e. The number of halogens is 5. The number of hydrogen-bond acceptors (Lipinski definition) is 6. The van der Waals surface area contributed by atoms with Gasteiger partial charge in [0.05, 0.1) is 22.2 Å². The molecule has 39 heavy (non-hydrogen) atoms. The fourth-order valence-corrected chi connectivity index (χ4v) is 4.98. The summed E-state index contributed by atoms with van der Waals surface area (Å²) in [5.41, 5.74) is 0.746. The van der Waals surface area contributed by atoms with Gasteiger partial charge in [-0.05, 0) is 81.3 Å². The number of amides is 3. The fourth-order valence-electron chi connectivity index (χ4n) is 3.44. The number of nitrogens with one attached hydrogen (secondary N) is 1. The third-order valence-electron chi connectivity index (χ3n) is 5.33. The van der Waals surface area contributed by atoms with Gasteiger partial charge in [-0.2, -0.15) is 0 Å². The Morgan fingerprint density at radius 3 is 2.51 bits per heavy atom. The normalized spacial score (nSPS) is 14.2. The molecule has 13 heteroatoms. The Balaban J connectivity index is 1.47. The topological polar surface area (TPSA) is 84.9 Å². The molecule has 1 fully saturated rings. The molecule has 3 aromatic carbocycles. The van der Waals surface area contributed by atoms with Crippen molar-refractivity contribution in [1.29, 1.82) is 0 Å². The van der Waals surface area contributed by atoms with Gasteiger partial charge < -0.3 is 14.8 Å². The van der Waals surface area contributed by atoms with Gasteiger partial charge in [-0.3, -0.25) is 19.3 Å². The van der Waals surface area contributed by atoms with E-state index in [1.54, 1.807) is 24.3 Å². The second-order valence-corrected chi connectivity index (χ2v) is 10.3. The van der Waals surface area contributed by atoms with Gasteiger partial charge >= 0.3 is 0 Å². The lowest BCUT2D eigenvalue weighted by Crippen LogP contribution is -2.36. The van der Waals surface area contributed by atoms with E-state index in [2.05, 4.69) is 15.9 Å². The highest BCUT2D eigenvalue weighted by Crippen LogP contribution is 2.39. The summed E-state index contributed by atoms with van der Waals surface area (Å²) < 4.78 is 52.2. The third kappa shape index (κ3) is 6.57. The molecule has 0 aromatic heterocycles. The molecule has 3 amide bonds. The molecule has 4 rings (SSSR count). The summed E-state index contributed by atoms with van der Waals surface area (Å²) >= 11 is 9.94. The molecule has 1 N–H and O–H groups in total. The second kappa shape index (κ2) is 12.1. The van der Waals surface area contributed by atoms with Crippen molar-refractivity contribution >= 4 is 68.1 Å². The Kier molecular flexibility index (Phi) is 8.88. The Morgan fingerprint density at radius 2 is 1.82 bits per heavy atom. The predicted octanol–water partition coefficient (Wildman–Crippen LogP) is 6.78. The number of anilines is 1. The van der Waals surface area contributed by atoms with Crippen LogP contribution >= 0.6 is 39.3 Å². The van der Waals surface area contributed by atoms with Gasteiger partial charge in [0.25, 0.3) is 11.1 Å². The molecule has 0 spiro atoms. The van der Waals surface area contributed by atoms with Gasteiger partial charge in [-0.15, -0.1) is 0 Å². The summed E-state index contributed by atoms with van der Waals surface area (Å²) in [4.78, 5) is 38.2. The number of hydrogen-bond donors (Lipinski definition) is 1. The zero-order chi connectivity index (χ0) is 28.3. The molecular formula is C26H17BrClF3N2O5S. The van der Waals surface area contributed by atoms with E-state index in [0.29, 0.717) is 49.3 Å². The fraction of sp³-hybridized carbons (Fsp3) is 0.115. The van der Waals surface area contributed by atoms with Gasteiger partial charge in [0.2, 0.25) is 5.91 Å². The molecule has 1 aliphatic heterocycles. The lowest BCUT2D eigenvalue weighted by atomic mass is 10.1. The zero-order valence-corrected chi connectivity index (χ0v) is 23.1. The van der Waals surface area contributed by atoms with Gasteiger partial charge in [0.1, 0.15) is 13.2 Å². The summed E-state index contributed by atoms with van der Waals surface area (Å²) in [6, 6.07) is 11.9. The summed E-state index contributed by atoms with van der Waals surface area (Å²) in [5.74, 6) is -5.75. The lowest BCUT2D eigenvalue weighted by Gasteiger charge is -2.14. The van der Waals surface area contributed by atoms with Crippen molar-refractivity contribution in [2.45, 2.75) is 6.61 Å². The molecule has 7 nitrogen and oxygen atoms in total. The standard InChI is InChI=1S/C26H17BrClF3N2O5S/c1-37-19-9-14(8-16(27)24(19)38-12-13-2-4-15(28)5-3-13)10-20-25(35)33(26(36)39-20)11-21(34)32-18-7-6-17(29)22(30)23(18)31/h2-10H,11-12H2,1H3,(H,32,34)/b20-10+. The first kappa shape index (κ1) is 28.5. The van der Waals surface area contributed by atoms with Gasteiger partial charge in [0, 0.05) is 5.02 Å². The van der Waals surface area contributed by atoms with E-state index in [1.165, 1.54) is 13.2 Å². The van der Waals surface area contributed by atoms with E-state index in [0.717, 1.165) is 11.6 Å². The number of rotatable bonds is 8. The van der Waals surface area contributed by atoms with Crippen molar-refractivity contribution in [3.63, 3.8) is 0 Å². The average molecular weight is 642 g/mol. The van der Waals surface area contributed by atoms with Crippen molar-refractivity contribution < 1.29 is 37.0 Å². The van der Waals surface area contributed by atoms with Crippen LogP contribution in [0.1, 0.15) is 11.1 Å². The van der Waals surface area contributed by atoms with Crippen LogP contribution in [0, 0.1) is 17.5 Å². The van der Waals surface area contributed by atoms with E-state index in [1.807, 2.05) is 17.4 Å². The quantitative estimate of drug-likeness (QED) is 0.216. The Labute approximate surface area is 238 Å². The number of thioether (sulfide) groups is 1. The monoisotopic (exact) mass is 640 g/mol.